The van der Waals surface area contributed by atoms with Crippen LogP contribution in [0.15, 0.2) is 72.8 Å². The number of fused-ring (bicyclic) bond motifs is 1. The minimum Gasteiger partial charge on any atom is -0.324 e. The minimum atomic E-state index is -0.269. The summed E-state index contributed by atoms with van der Waals surface area (Å²) in [5.41, 5.74) is 2.59. The highest BCUT2D eigenvalue weighted by Gasteiger charge is 2.11. The summed E-state index contributed by atoms with van der Waals surface area (Å²) in [6.45, 7) is 0. The number of para-hydroxylation sites is 3. The SMILES string of the molecule is O=C(CCCc1nc2ccccc2s1)Nc1ccccc1NC(=O)c1ccc(Cl)cc1. The van der Waals surface area contributed by atoms with Gasteiger partial charge in [-0.3, -0.25) is 9.59 Å². The number of nitrogens with one attached hydrogen (secondary N) is 2. The molecule has 0 atom stereocenters. The lowest BCUT2D eigenvalue weighted by Crippen LogP contribution is -2.16. The van der Waals surface area contributed by atoms with Crippen molar-refractivity contribution in [2.75, 3.05) is 10.6 Å². The molecular formula is C24H20ClN3O2S. The Bertz CT molecular complexity index is 1190. The molecule has 1 aromatic heterocycles. The van der Waals surface area contributed by atoms with Gasteiger partial charge < -0.3 is 10.6 Å². The predicted molar refractivity (Wildman–Crippen MR) is 127 cm³/mol. The first kappa shape index (κ1) is 21.0. The summed E-state index contributed by atoms with van der Waals surface area (Å²) in [5, 5.41) is 7.34. The van der Waals surface area contributed by atoms with Gasteiger partial charge in [0.1, 0.15) is 0 Å². The molecule has 5 nitrogen and oxygen atoms in total. The highest BCUT2D eigenvalue weighted by molar-refractivity contribution is 7.18. The molecule has 0 spiro atoms. The highest BCUT2D eigenvalue weighted by atomic mass is 35.5. The Morgan fingerprint density at radius 2 is 1.55 bits per heavy atom. The number of aryl methyl sites for hydroxylation is 1. The molecule has 0 aliphatic heterocycles. The third-order valence-corrected chi connectivity index (χ3v) is 6.04. The van der Waals surface area contributed by atoms with Gasteiger partial charge in [0.15, 0.2) is 0 Å². The number of hydrogen-bond donors (Lipinski definition) is 2. The smallest absolute Gasteiger partial charge is 0.255 e. The number of halogens is 1. The topological polar surface area (TPSA) is 71.1 Å². The van der Waals surface area contributed by atoms with Crippen LogP contribution in [0.2, 0.25) is 5.02 Å². The Morgan fingerprint density at radius 1 is 0.871 bits per heavy atom. The summed E-state index contributed by atoms with van der Waals surface area (Å²) < 4.78 is 1.16. The summed E-state index contributed by atoms with van der Waals surface area (Å²) in [6.07, 6.45) is 1.82. The van der Waals surface area contributed by atoms with Crippen molar-refractivity contribution in [3.05, 3.63) is 88.4 Å². The molecule has 3 aromatic carbocycles. The van der Waals surface area contributed by atoms with Gasteiger partial charge in [-0.05, 0) is 61.4 Å². The van der Waals surface area contributed by atoms with E-state index >= 15 is 0 Å². The molecule has 0 fully saturated rings. The Morgan fingerprint density at radius 3 is 2.29 bits per heavy atom. The number of anilines is 2. The van der Waals surface area contributed by atoms with Gasteiger partial charge in [0, 0.05) is 17.0 Å². The Hall–Kier alpha value is -3.22. The molecule has 7 heteroatoms. The van der Waals surface area contributed by atoms with Crippen molar-refractivity contribution in [2.24, 2.45) is 0 Å². The number of aromatic nitrogens is 1. The quantitative estimate of drug-likeness (QED) is 0.354. The summed E-state index contributed by atoms with van der Waals surface area (Å²) in [6, 6.07) is 21.8. The van der Waals surface area contributed by atoms with Crippen molar-refractivity contribution in [3.8, 4) is 0 Å². The Kier molecular flexibility index (Phi) is 6.60. The first-order chi connectivity index (χ1) is 15.1. The van der Waals surface area contributed by atoms with Crippen molar-refractivity contribution >= 4 is 56.3 Å². The molecule has 2 N–H and O–H groups in total. The fourth-order valence-corrected chi connectivity index (χ4v) is 4.27. The molecule has 0 bridgehead atoms. The van der Waals surface area contributed by atoms with E-state index < -0.39 is 0 Å². The fraction of sp³-hybridized carbons (Fsp3) is 0.125. The van der Waals surface area contributed by atoms with Crippen LogP contribution in [0.25, 0.3) is 10.2 Å². The van der Waals surface area contributed by atoms with Gasteiger partial charge in [0.2, 0.25) is 5.91 Å². The molecule has 0 aliphatic carbocycles. The van der Waals surface area contributed by atoms with Crippen LogP contribution in [0.5, 0.6) is 0 Å². The lowest BCUT2D eigenvalue weighted by molar-refractivity contribution is -0.116. The van der Waals surface area contributed by atoms with E-state index in [0.29, 0.717) is 34.8 Å². The molecule has 0 radical (unpaired) electrons. The maximum atomic E-state index is 12.5. The molecule has 31 heavy (non-hydrogen) atoms. The monoisotopic (exact) mass is 449 g/mol. The van der Waals surface area contributed by atoms with Gasteiger partial charge in [-0.15, -0.1) is 11.3 Å². The van der Waals surface area contributed by atoms with E-state index in [0.717, 1.165) is 21.6 Å². The van der Waals surface area contributed by atoms with Crippen LogP contribution in [-0.4, -0.2) is 16.8 Å². The van der Waals surface area contributed by atoms with Gasteiger partial charge in [0.05, 0.1) is 26.6 Å². The largest absolute Gasteiger partial charge is 0.324 e. The Balaban J connectivity index is 1.33. The average Bonchev–Trinajstić information content (AvgIpc) is 3.18. The van der Waals surface area contributed by atoms with Crippen molar-refractivity contribution < 1.29 is 9.59 Å². The van der Waals surface area contributed by atoms with Crippen molar-refractivity contribution in [2.45, 2.75) is 19.3 Å². The second-order valence-corrected chi connectivity index (χ2v) is 8.54. The van der Waals surface area contributed by atoms with Crippen LogP contribution in [-0.2, 0) is 11.2 Å². The van der Waals surface area contributed by atoms with Crippen molar-refractivity contribution in [1.82, 2.24) is 4.98 Å². The van der Waals surface area contributed by atoms with E-state index in [9.17, 15) is 9.59 Å². The van der Waals surface area contributed by atoms with Crippen LogP contribution >= 0.6 is 22.9 Å². The summed E-state index contributed by atoms with van der Waals surface area (Å²) in [7, 11) is 0. The maximum absolute atomic E-state index is 12.5. The normalized spacial score (nSPS) is 10.7. The number of thiazole rings is 1. The standard InChI is InChI=1S/C24H20ClN3O2S/c25-17-14-12-16(13-15-17)24(30)28-19-7-2-1-6-18(19)26-22(29)10-5-11-23-27-20-8-3-4-9-21(20)31-23/h1-4,6-9,12-15H,5,10-11H2,(H,26,29)(H,28,30). The van der Waals surface area contributed by atoms with Crippen LogP contribution in [0.3, 0.4) is 0 Å². The number of benzene rings is 3. The lowest BCUT2D eigenvalue weighted by atomic mass is 10.2. The highest BCUT2D eigenvalue weighted by Crippen LogP contribution is 2.24. The van der Waals surface area contributed by atoms with Gasteiger partial charge in [-0.1, -0.05) is 35.9 Å². The van der Waals surface area contributed by atoms with Crippen LogP contribution < -0.4 is 10.6 Å². The number of amides is 2. The zero-order valence-electron chi connectivity index (χ0n) is 16.6. The number of nitrogens with zero attached hydrogens (tertiary/aromatic N) is 1. The minimum absolute atomic E-state index is 0.102. The third-order valence-electron chi connectivity index (χ3n) is 4.69. The van der Waals surface area contributed by atoms with Gasteiger partial charge >= 0.3 is 0 Å². The molecule has 0 saturated heterocycles. The molecule has 1 heterocycles. The molecule has 0 aliphatic rings. The molecule has 0 unspecified atom stereocenters. The van der Waals surface area contributed by atoms with Crippen LogP contribution in [0.1, 0.15) is 28.2 Å². The van der Waals surface area contributed by atoms with Crippen molar-refractivity contribution in [3.63, 3.8) is 0 Å². The molecule has 0 saturated carbocycles. The van der Waals surface area contributed by atoms with E-state index in [1.165, 1.54) is 0 Å². The number of carbonyl (C=O) groups is 2. The van der Waals surface area contributed by atoms with Gasteiger partial charge in [0.25, 0.3) is 5.91 Å². The number of carbonyl (C=O) groups excluding carboxylic acids is 2. The Labute approximate surface area is 189 Å². The first-order valence-corrected chi connectivity index (χ1v) is 11.1. The molecule has 4 rings (SSSR count). The summed E-state index contributed by atoms with van der Waals surface area (Å²) in [4.78, 5) is 29.6. The van der Waals surface area contributed by atoms with E-state index in [-0.39, 0.29) is 11.8 Å². The molecule has 4 aromatic rings. The van der Waals surface area contributed by atoms with E-state index in [2.05, 4.69) is 21.7 Å². The molecule has 156 valence electrons. The number of hydrogen-bond acceptors (Lipinski definition) is 4. The second kappa shape index (κ2) is 9.73. The maximum Gasteiger partial charge on any atom is 0.255 e. The summed E-state index contributed by atoms with van der Waals surface area (Å²) in [5.74, 6) is -0.372. The van der Waals surface area contributed by atoms with E-state index in [1.807, 2.05) is 24.3 Å². The third kappa shape index (κ3) is 5.48. The van der Waals surface area contributed by atoms with E-state index in [4.69, 9.17) is 11.6 Å². The average molecular weight is 450 g/mol. The number of rotatable bonds is 7. The van der Waals surface area contributed by atoms with Gasteiger partial charge in [-0.25, -0.2) is 4.98 Å². The van der Waals surface area contributed by atoms with Crippen molar-refractivity contribution in [1.29, 1.82) is 0 Å². The second-order valence-electron chi connectivity index (χ2n) is 6.98. The van der Waals surface area contributed by atoms with E-state index in [1.54, 1.807) is 53.8 Å². The predicted octanol–water partition coefficient (Wildman–Crippen LogP) is 6.16. The molecular weight excluding hydrogens is 430 g/mol. The summed E-state index contributed by atoms with van der Waals surface area (Å²) >= 11 is 7.54. The fourth-order valence-electron chi connectivity index (χ4n) is 3.14. The van der Waals surface area contributed by atoms with Crippen LogP contribution in [0, 0.1) is 0 Å². The zero-order chi connectivity index (χ0) is 21.6. The van der Waals surface area contributed by atoms with Crippen LogP contribution in [0.4, 0.5) is 11.4 Å². The first-order valence-electron chi connectivity index (χ1n) is 9.89. The zero-order valence-corrected chi connectivity index (χ0v) is 18.2. The molecule has 2 amide bonds. The lowest BCUT2D eigenvalue weighted by Gasteiger charge is -2.12. The van der Waals surface area contributed by atoms with Gasteiger partial charge in [-0.2, -0.15) is 0 Å².